The van der Waals surface area contributed by atoms with Gasteiger partial charge in [-0.1, -0.05) is 41.2 Å². The molecule has 3 aromatic rings. The molecule has 2 heterocycles. The van der Waals surface area contributed by atoms with Crippen molar-refractivity contribution in [2.45, 2.75) is 13.8 Å². The van der Waals surface area contributed by atoms with Crippen molar-refractivity contribution in [3.8, 4) is 5.75 Å². The lowest BCUT2D eigenvalue weighted by Gasteiger charge is -2.34. The van der Waals surface area contributed by atoms with Crippen molar-refractivity contribution >= 4 is 32.6 Å². The van der Waals surface area contributed by atoms with Crippen molar-refractivity contribution in [1.29, 1.82) is 0 Å². The number of carbonyl (C=O) groups excluding carboxylic acids is 1. The van der Waals surface area contributed by atoms with Crippen LogP contribution in [0.5, 0.6) is 5.75 Å². The number of anilines is 1. The van der Waals surface area contributed by atoms with Gasteiger partial charge in [0.1, 0.15) is 5.75 Å². The lowest BCUT2D eigenvalue weighted by atomic mass is 10.2. The van der Waals surface area contributed by atoms with E-state index >= 15 is 0 Å². The molecule has 0 N–H and O–H groups in total. The first-order chi connectivity index (χ1) is 13.1. The molecule has 0 bridgehead atoms. The first-order valence-corrected chi connectivity index (χ1v) is 10.00. The Morgan fingerprint density at radius 2 is 1.81 bits per heavy atom. The highest BCUT2D eigenvalue weighted by Gasteiger charge is 2.23. The quantitative estimate of drug-likeness (QED) is 0.692. The summed E-state index contributed by atoms with van der Waals surface area (Å²) in [7, 11) is 0. The predicted octanol–water partition coefficient (Wildman–Crippen LogP) is 3.64. The van der Waals surface area contributed by atoms with Gasteiger partial charge in [0.05, 0.1) is 10.2 Å². The summed E-state index contributed by atoms with van der Waals surface area (Å²) < 4.78 is 6.84. The number of thiazole rings is 1. The van der Waals surface area contributed by atoms with Crippen LogP contribution in [0.1, 0.15) is 11.1 Å². The monoisotopic (exact) mass is 381 g/mol. The Balaban J connectivity index is 1.33. The first-order valence-electron chi connectivity index (χ1n) is 9.18. The molecule has 1 aromatic heterocycles. The average Bonchev–Trinajstić information content (AvgIpc) is 3.13. The number of hydrogen-bond acceptors (Lipinski definition) is 5. The van der Waals surface area contributed by atoms with E-state index in [1.165, 1.54) is 15.8 Å². The maximum atomic E-state index is 12.4. The SMILES string of the molecule is Cc1ccc(OCC(=O)N2CCN(c3nc4c(C)cccc4s3)CC2)cc1. The van der Waals surface area contributed by atoms with E-state index in [0.29, 0.717) is 13.1 Å². The third-order valence-electron chi connectivity index (χ3n) is 4.90. The molecule has 0 saturated carbocycles. The number of aromatic nitrogens is 1. The lowest BCUT2D eigenvalue weighted by molar-refractivity contribution is -0.133. The van der Waals surface area contributed by atoms with Crippen LogP contribution in [-0.4, -0.2) is 48.6 Å². The molecule has 0 spiro atoms. The molecule has 0 unspecified atom stereocenters. The van der Waals surface area contributed by atoms with Crippen molar-refractivity contribution in [1.82, 2.24) is 9.88 Å². The van der Waals surface area contributed by atoms with Crippen LogP contribution in [0.4, 0.5) is 5.13 Å². The highest BCUT2D eigenvalue weighted by Crippen LogP contribution is 2.31. The summed E-state index contributed by atoms with van der Waals surface area (Å²) in [5.41, 5.74) is 3.47. The molecule has 0 aliphatic carbocycles. The Labute approximate surface area is 163 Å². The van der Waals surface area contributed by atoms with E-state index in [1.54, 1.807) is 11.3 Å². The van der Waals surface area contributed by atoms with Gasteiger partial charge in [-0.2, -0.15) is 0 Å². The Kier molecular flexibility index (Phi) is 4.99. The van der Waals surface area contributed by atoms with Crippen LogP contribution < -0.4 is 9.64 Å². The molecule has 2 aromatic carbocycles. The topological polar surface area (TPSA) is 45.7 Å². The molecule has 5 nitrogen and oxygen atoms in total. The molecular formula is C21H23N3O2S. The summed E-state index contributed by atoms with van der Waals surface area (Å²) in [4.78, 5) is 21.4. The molecule has 1 aliphatic rings. The van der Waals surface area contributed by atoms with E-state index in [1.807, 2.05) is 36.1 Å². The fraction of sp³-hybridized carbons (Fsp3) is 0.333. The second-order valence-corrected chi connectivity index (χ2v) is 7.90. The number of ether oxygens (including phenoxy) is 1. The summed E-state index contributed by atoms with van der Waals surface area (Å²) in [6.07, 6.45) is 0. The van der Waals surface area contributed by atoms with Crippen LogP contribution >= 0.6 is 11.3 Å². The van der Waals surface area contributed by atoms with Crippen LogP contribution in [-0.2, 0) is 4.79 Å². The van der Waals surface area contributed by atoms with Crippen LogP contribution in [0.2, 0.25) is 0 Å². The zero-order valence-corrected chi connectivity index (χ0v) is 16.5. The minimum atomic E-state index is 0.0374. The fourth-order valence-corrected chi connectivity index (χ4v) is 4.32. The van der Waals surface area contributed by atoms with Crippen LogP contribution in [0.15, 0.2) is 42.5 Å². The average molecular weight is 382 g/mol. The number of para-hydroxylation sites is 1. The number of fused-ring (bicyclic) bond motifs is 1. The maximum Gasteiger partial charge on any atom is 0.260 e. The highest BCUT2D eigenvalue weighted by atomic mass is 32.1. The number of rotatable bonds is 4. The minimum absolute atomic E-state index is 0.0374. The zero-order valence-electron chi connectivity index (χ0n) is 15.6. The summed E-state index contributed by atoms with van der Waals surface area (Å²) in [5.74, 6) is 0.771. The predicted molar refractivity (Wildman–Crippen MR) is 110 cm³/mol. The molecule has 1 amide bonds. The molecular weight excluding hydrogens is 358 g/mol. The Morgan fingerprint density at radius 1 is 1.07 bits per heavy atom. The third-order valence-corrected chi connectivity index (χ3v) is 5.98. The maximum absolute atomic E-state index is 12.4. The van der Waals surface area contributed by atoms with Crippen molar-refractivity contribution in [3.63, 3.8) is 0 Å². The van der Waals surface area contributed by atoms with Crippen LogP contribution in [0, 0.1) is 13.8 Å². The second-order valence-electron chi connectivity index (χ2n) is 6.89. The largest absolute Gasteiger partial charge is 0.484 e. The summed E-state index contributed by atoms with van der Waals surface area (Å²) in [6, 6.07) is 14.0. The molecule has 0 atom stereocenters. The van der Waals surface area contributed by atoms with Crippen LogP contribution in [0.3, 0.4) is 0 Å². The number of benzene rings is 2. The van der Waals surface area contributed by atoms with Crippen molar-refractivity contribution < 1.29 is 9.53 Å². The van der Waals surface area contributed by atoms with Gasteiger partial charge in [-0.15, -0.1) is 0 Å². The van der Waals surface area contributed by atoms with Gasteiger partial charge in [-0.05, 0) is 37.6 Å². The highest BCUT2D eigenvalue weighted by molar-refractivity contribution is 7.22. The van der Waals surface area contributed by atoms with E-state index in [-0.39, 0.29) is 12.5 Å². The van der Waals surface area contributed by atoms with Gasteiger partial charge in [0, 0.05) is 26.2 Å². The lowest BCUT2D eigenvalue weighted by Crippen LogP contribution is -2.50. The summed E-state index contributed by atoms with van der Waals surface area (Å²) in [5, 5.41) is 1.04. The molecule has 1 fully saturated rings. The van der Waals surface area contributed by atoms with E-state index in [4.69, 9.17) is 9.72 Å². The number of nitrogens with zero attached hydrogens (tertiary/aromatic N) is 3. The van der Waals surface area contributed by atoms with Gasteiger partial charge < -0.3 is 14.5 Å². The van der Waals surface area contributed by atoms with Crippen molar-refractivity contribution in [3.05, 3.63) is 53.6 Å². The number of piperazine rings is 1. The molecule has 1 aliphatic heterocycles. The molecule has 1 saturated heterocycles. The van der Waals surface area contributed by atoms with E-state index in [2.05, 4.69) is 30.0 Å². The van der Waals surface area contributed by atoms with Crippen LogP contribution in [0.25, 0.3) is 10.2 Å². The number of aryl methyl sites for hydroxylation is 2. The van der Waals surface area contributed by atoms with Gasteiger partial charge in [0.25, 0.3) is 5.91 Å². The Morgan fingerprint density at radius 3 is 2.52 bits per heavy atom. The number of amides is 1. The first kappa shape index (κ1) is 17.8. The van der Waals surface area contributed by atoms with Gasteiger partial charge in [-0.3, -0.25) is 4.79 Å². The molecule has 0 radical (unpaired) electrons. The van der Waals surface area contributed by atoms with E-state index in [0.717, 1.165) is 29.5 Å². The van der Waals surface area contributed by atoms with E-state index < -0.39 is 0 Å². The van der Waals surface area contributed by atoms with Gasteiger partial charge in [0.15, 0.2) is 11.7 Å². The van der Waals surface area contributed by atoms with Gasteiger partial charge in [-0.25, -0.2) is 4.98 Å². The molecule has 140 valence electrons. The smallest absolute Gasteiger partial charge is 0.260 e. The normalized spacial score (nSPS) is 14.6. The second kappa shape index (κ2) is 7.56. The zero-order chi connectivity index (χ0) is 18.8. The number of carbonyl (C=O) groups is 1. The molecule has 27 heavy (non-hydrogen) atoms. The molecule has 4 rings (SSSR count). The standard InChI is InChI=1S/C21H23N3O2S/c1-15-6-8-17(9-7-15)26-14-19(25)23-10-12-24(13-11-23)21-22-20-16(2)4-3-5-18(20)27-21/h3-9H,10-14H2,1-2H3. The summed E-state index contributed by atoms with van der Waals surface area (Å²) >= 11 is 1.72. The fourth-order valence-electron chi connectivity index (χ4n) is 3.23. The Hall–Kier alpha value is -2.60. The van der Waals surface area contributed by atoms with Crippen molar-refractivity contribution in [2.75, 3.05) is 37.7 Å². The van der Waals surface area contributed by atoms with Gasteiger partial charge in [0.2, 0.25) is 0 Å². The van der Waals surface area contributed by atoms with E-state index in [9.17, 15) is 4.79 Å². The van der Waals surface area contributed by atoms with Gasteiger partial charge >= 0.3 is 0 Å². The summed E-state index contributed by atoms with van der Waals surface area (Å²) in [6.45, 7) is 7.21. The minimum Gasteiger partial charge on any atom is -0.484 e. The van der Waals surface area contributed by atoms with Crippen molar-refractivity contribution in [2.24, 2.45) is 0 Å². The third kappa shape index (κ3) is 3.90. The molecule has 6 heteroatoms. The number of hydrogen-bond donors (Lipinski definition) is 0. The Bertz CT molecular complexity index is 944.